The van der Waals surface area contributed by atoms with Gasteiger partial charge in [0, 0.05) is 12.7 Å². The number of aromatic nitrogens is 2. The van der Waals surface area contributed by atoms with Crippen LogP contribution < -0.4 is 5.32 Å². The summed E-state index contributed by atoms with van der Waals surface area (Å²) in [4.78, 5) is 11.9. The minimum absolute atomic E-state index is 0.00373. The molecule has 0 radical (unpaired) electrons. The molecular formula is C11H18ClN3O. The highest BCUT2D eigenvalue weighted by Gasteiger charge is 2.18. The molecule has 1 aromatic heterocycles. The molecule has 1 amide bonds. The molecule has 90 valence electrons. The molecule has 5 heteroatoms. The second kappa shape index (κ2) is 5.89. The summed E-state index contributed by atoms with van der Waals surface area (Å²) >= 11 is 5.78. The van der Waals surface area contributed by atoms with Gasteiger partial charge in [-0.2, -0.15) is 5.10 Å². The normalized spacial score (nSPS) is 12.8. The number of nitrogens with one attached hydrogen (secondary N) is 1. The number of rotatable bonds is 5. The molecule has 1 rings (SSSR count). The average Bonchev–Trinajstić information content (AvgIpc) is 2.63. The van der Waals surface area contributed by atoms with Crippen LogP contribution in [0.3, 0.4) is 0 Å². The lowest BCUT2D eigenvalue weighted by molar-refractivity contribution is -0.124. The lowest BCUT2D eigenvalue weighted by Crippen LogP contribution is -2.34. The van der Waals surface area contributed by atoms with E-state index in [0.29, 0.717) is 23.9 Å². The fourth-order valence-corrected chi connectivity index (χ4v) is 1.54. The number of nitrogens with zero attached hydrogens (tertiary/aromatic N) is 2. The van der Waals surface area contributed by atoms with Crippen LogP contribution in [0.15, 0.2) is 12.4 Å². The van der Waals surface area contributed by atoms with Crippen LogP contribution in [0.1, 0.15) is 33.2 Å². The molecule has 1 heterocycles. The zero-order valence-corrected chi connectivity index (χ0v) is 10.7. The van der Waals surface area contributed by atoms with Gasteiger partial charge >= 0.3 is 0 Å². The molecule has 1 N–H and O–H groups in total. The van der Waals surface area contributed by atoms with E-state index in [4.69, 9.17) is 11.6 Å². The van der Waals surface area contributed by atoms with Crippen molar-refractivity contribution in [3.8, 4) is 0 Å². The molecule has 0 fully saturated rings. The first-order chi connectivity index (χ1) is 7.54. The first-order valence-corrected chi connectivity index (χ1v) is 5.89. The van der Waals surface area contributed by atoms with E-state index in [1.165, 1.54) is 0 Å². The summed E-state index contributed by atoms with van der Waals surface area (Å²) in [5.41, 5.74) is 0. The molecular weight excluding hydrogens is 226 g/mol. The second-order valence-corrected chi connectivity index (χ2v) is 4.64. The summed E-state index contributed by atoms with van der Waals surface area (Å²) in [5.74, 6) is 0.443. The maximum Gasteiger partial charge on any atom is 0.244 e. The Morgan fingerprint density at radius 1 is 1.62 bits per heavy atom. The lowest BCUT2D eigenvalue weighted by Gasteiger charge is -2.16. The van der Waals surface area contributed by atoms with Crippen molar-refractivity contribution in [1.29, 1.82) is 0 Å². The number of hydrogen-bond acceptors (Lipinski definition) is 2. The predicted octanol–water partition coefficient (Wildman–Crippen LogP) is 2.26. The molecule has 0 bridgehead atoms. The van der Waals surface area contributed by atoms with Gasteiger partial charge in [-0.25, -0.2) is 0 Å². The van der Waals surface area contributed by atoms with Gasteiger partial charge in [0.15, 0.2) is 0 Å². The van der Waals surface area contributed by atoms with E-state index in [1.54, 1.807) is 17.1 Å². The minimum atomic E-state index is -0.272. The van der Waals surface area contributed by atoms with Gasteiger partial charge in [-0.1, -0.05) is 32.4 Å². The van der Waals surface area contributed by atoms with Crippen molar-refractivity contribution in [2.75, 3.05) is 6.54 Å². The van der Waals surface area contributed by atoms with Crippen molar-refractivity contribution < 1.29 is 4.79 Å². The van der Waals surface area contributed by atoms with Crippen LogP contribution in [0.25, 0.3) is 0 Å². The second-order valence-electron chi connectivity index (χ2n) is 4.20. The third-order valence-electron chi connectivity index (χ3n) is 2.26. The van der Waals surface area contributed by atoms with E-state index in [2.05, 4.69) is 24.3 Å². The molecule has 1 atom stereocenters. The predicted molar refractivity (Wildman–Crippen MR) is 64.4 cm³/mol. The number of halogens is 1. The van der Waals surface area contributed by atoms with E-state index in [9.17, 15) is 4.79 Å². The van der Waals surface area contributed by atoms with Gasteiger partial charge in [0.25, 0.3) is 0 Å². The van der Waals surface area contributed by atoms with Crippen molar-refractivity contribution in [1.82, 2.24) is 15.1 Å². The molecule has 0 aromatic carbocycles. The molecule has 0 saturated heterocycles. The Bertz CT molecular complexity index is 349. The summed E-state index contributed by atoms with van der Waals surface area (Å²) in [7, 11) is 0. The van der Waals surface area contributed by atoms with Crippen LogP contribution in [0.2, 0.25) is 5.02 Å². The van der Waals surface area contributed by atoms with Gasteiger partial charge in [0.05, 0.1) is 11.2 Å². The van der Waals surface area contributed by atoms with Gasteiger partial charge in [0.1, 0.15) is 6.04 Å². The van der Waals surface area contributed by atoms with E-state index < -0.39 is 0 Å². The molecule has 16 heavy (non-hydrogen) atoms. The Kier molecular flexibility index (Phi) is 4.80. The summed E-state index contributed by atoms with van der Waals surface area (Å²) < 4.78 is 1.61. The highest BCUT2D eigenvalue weighted by atomic mass is 35.5. The Morgan fingerprint density at radius 3 is 2.75 bits per heavy atom. The van der Waals surface area contributed by atoms with Gasteiger partial charge in [-0.15, -0.1) is 0 Å². The standard InChI is InChI=1S/C11H18ClN3O/c1-4-10(11(16)13-5-8(2)3)15-7-9(12)6-14-15/h6-8,10H,4-5H2,1-3H3,(H,13,16). The SMILES string of the molecule is CCC(C(=O)NCC(C)C)n1cc(Cl)cn1. The van der Waals surface area contributed by atoms with Crippen molar-refractivity contribution in [2.24, 2.45) is 5.92 Å². The summed E-state index contributed by atoms with van der Waals surface area (Å²) in [5, 5.41) is 7.51. The first-order valence-electron chi connectivity index (χ1n) is 5.52. The fourth-order valence-electron chi connectivity index (χ4n) is 1.40. The minimum Gasteiger partial charge on any atom is -0.354 e. The van der Waals surface area contributed by atoms with Crippen molar-refractivity contribution in [3.63, 3.8) is 0 Å². The van der Waals surface area contributed by atoms with Crippen molar-refractivity contribution in [2.45, 2.75) is 33.2 Å². The maximum absolute atomic E-state index is 11.9. The number of amides is 1. The Balaban J connectivity index is 2.63. The summed E-state index contributed by atoms with van der Waals surface area (Å²) in [6, 6.07) is -0.272. The Morgan fingerprint density at radius 2 is 2.31 bits per heavy atom. The van der Waals surface area contributed by atoms with Gasteiger partial charge in [-0.3, -0.25) is 9.48 Å². The highest BCUT2D eigenvalue weighted by molar-refractivity contribution is 6.30. The topological polar surface area (TPSA) is 46.9 Å². The van der Waals surface area contributed by atoms with Crippen LogP contribution >= 0.6 is 11.6 Å². The molecule has 4 nitrogen and oxygen atoms in total. The number of hydrogen-bond donors (Lipinski definition) is 1. The zero-order valence-electron chi connectivity index (χ0n) is 9.90. The molecule has 0 spiro atoms. The quantitative estimate of drug-likeness (QED) is 0.862. The largest absolute Gasteiger partial charge is 0.354 e. The van der Waals surface area contributed by atoms with Crippen LogP contribution in [0, 0.1) is 5.92 Å². The fraction of sp³-hybridized carbons (Fsp3) is 0.636. The van der Waals surface area contributed by atoms with E-state index in [0.717, 1.165) is 0 Å². The number of carbonyl (C=O) groups excluding carboxylic acids is 1. The number of carbonyl (C=O) groups is 1. The molecule has 0 aliphatic rings. The van der Waals surface area contributed by atoms with Gasteiger partial charge in [0.2, 0.25) is 5.91 Å². The van der Waals surface area contributed by atoms with E-state index in [-0.39, 0.29) is 11.9 Å². The Labute approximate surface area is 101 Å². The van der Waals surface area contributed by atoms with E-state index >= 15 is 0 Å². The molecule has 1 unspecified atom stereocenters. The van der Waals surface area contributed by atoms with E-state index in [1.807, 2.05) is 6.92 Å². The third-order valence-corrected chi connectivity index (χ3v) is 2.46. The summed E-state index contributed by atoms with van der Waals surface area (Å²) in [6.07, 6.45) is 3.91. The van der Waals surface area contributed by atoms with Crippen molar-refractivity contribution >= 4 is 17.5 Å². The van der Waals surface area contributed by atoms with Crippen LogP contribution in [0.5, 0.6) is 0 Å². The molecule has 0 aliphatic carbocycles. The maximum atomic E-state index is 11.9. The monoisotopic (exact) mass is 243 g/mol. The highest BCUT2D eigenvalue weighted by Crippen LogP contribution is 2.14. The van der Waals surface area contributed by atoms with Crippen LogP contribution in [-0.4, -0.2) is 22.2 Å². The Hall–Kier alpha value is -1.03. The third kappa shape index (κ3) is 3.52. The lowest BCUT2D eigenvalue weighted by atomic mass is 10.2. The van der Waals surface area contributed by atoms with Crippen molar-refractivity contribution in [3.05, 3.63) is 17.4 Å². The molecule has 0 aliphatic heterocycles. The van der Waals surface area contributed by atoms with Gasteiger partial charge < -0.3 is 5.32 Å². The molecule has 0 saturated carbocycles. The van der Waals surface area contributed by atoms with Crippen LogP contribution in [0.4, 0.5) is 0 Å². The zero-order chi connectivity index (χ0) is 12.1. The smallest absolute Gasteiger partial charge is 0.244 e. The van der Waals surface area contributed by atoms with Gasteiger partial charge in [-0.05, 0) is 12.3 Å². The average molecular weight is 244 g/mol. The molecule has 1 aromatic rings. The first kappa shape index (κ1) is 13.0. The summed E-state index contributed by atoms with van der Waals surface area (Å²) in [6.45, 7) is 6.76. The van der Waals surface area contributed by atoms with Crippen LogP contribution in [-0.2, 0) is 4.79 Å².